The van der Waals surface area contributed by atoms with Gasteiger partial charge in [0.2, 0.25) is 5.89 Å². The van der Waals surface area contributed by atoms with Crippen molar-refractivity contribution in [3.05, 3.63) is 65.5 Å². The Hall–Kier alpha value is -4.13. The number of Topliss-reactive ketones (excluding diaryl/α,β-unsaturated/α-hetero) is 1. The quantitative estimate of drug-likeness (QED) is 0.177. The van der Waals surface area contributed by atoms with Gasteiger partial charge in [-0.3, -0.25) is 14.5 Å². The van der Waals surface area contributed by atoms with Gasteiger partial charge in [0, 0.05) is 12.6 Å². The number of rotatable bonds is 12. The van der Waals surface area contributed by atoms with Crippen LogP contribution in [0.25, 0.3) is 11.1 Å². The maximum atomic E-state index is 14.1. The number of carboxylic acids is 2. The molecule has 2 aromatic carbocycles. The molecule has 1 fully saturated rings. The number of oxazole rings is 1. The monoisotopic (exact) mass is 595 g/mol. The molecule has 0 bridgehead atoms. The number of benzene rings is 2. The Morgan fingerprint density at radius 1 is 1.07 bits per heavy atom. The van der Waals surface area contributed by atoms with Crippen LogP contribution in [0.2, 0.25) is 0 Å². The maximum Gasteiger partial charge on any atom is 0.335 e. The molecule has 12 heteroatoms. The number of ketones is 1. The first-order chi connectivity index (χ1) is 20.3. The van der Waals surface area contributed by atoms with E-state index in [4.69, 9.17) is 14.9 Å². The van der Waals surface area contributed by atoms with E-state index in [2.05, 4.69) is 4.98 Å². The van der Waals surface area contributed by atoms with Crippen LogP contribution >= 0.6 is 0 Å². The molecule has 3 unspecified atom stereocenters. The van der Waals surface area contributed by atoms with Crippen molar-refractivity contribution < 1.29 is 43.7 Å². The van der Waals surface area contributed by atoms with Crippen molar-refractivity contribution in [2.75, 3.05) is 6.54 Å². The fraction of sp³-hybridized carbons (Fsp3) is 0.452. The van der Waals surface area contributed by atoms with Gasteiger partial charge in [-0.05, 0) is 42.0 Å². The number of nitrogens with two attached hydrogens (primary N) is 1. The van der Waals surface area contributed by atoms with Gasteiger partial charge in [-0.25, -0.2) is 14.6 Å². The van der Waals surface area contributed by atoms with E-state index >= 15 is 0 Å². The van der Waals surface area contributed by atoms with Gasteiger partial charge in [0.15, 0.2) is 16.9 Å². The minimum absolute atomic E-state index is 0.0307. The van der Waals surface area contributed by atoms with Gasteiger partial charge in [0.25, 0.3) is 0 Å². The molecule has 4 rings (SSSR count). The van der Waals surface area contributed by atoms with Gasteiger partial charge in [-0.2, -0.15) is 0 Å². The smallest absolute Gasteiger partial charge is 0.335 e. The first-order valence-corrected chi connectivity index (χ1v) is 14.1. The normalized spacial score (nSPS) is 21.2. The molecule has 12 nitrogen and oxygen atoms in total. The molecular formula is C31H37N3O9. The maximum absolute atomic E-state index is 14.1. The van der Waals surface area contributed by atoms with Crippen molar-refractivity contribution in [3.63, 3.8) is 0 Å². The minimum atomic E-state index is -2.45. The Balaban J connectivity index is 1.78. The lowest BCUT2D eigenvalue weighted by Gasteiger charge is -2.44. The lowest BCUT2D eigenvalue weighted by Crippen LogP contribution is -2.69. The Bertz CT molecular complexity index is 1500. The molecule has 5 atom stereocenters. The summed E-state index contributed by atoms with van der Waals surface area (Å²) in [7, 11) is 0. The van der Waals surface area contributed by atoms with Crippen LogP contribution in [-0.2, 0) is 25.7 Å². The highest BCUT2D eigenvalue weighted by molar-refractivity contribution is 6.13. The number of aliphatic carboxylic acids is 1. The number of fused-ring (bicyclic) bond motifs is 1. The SMILES string of the molecule is CC(C)C(C(O)c1nc2cc(C(=O)O)ccc2o1)N1CCC(C(=O)OCc2ccccc2)[C@]1(C(=O)O)C(=O)[C@@H](N)C(C)C. The van der Waals surface area contributed by atoms with Crippen molar-refractivity contribution in [3.8, 4) is 0 Å². The number of likely N-dealkylation sites (tertiary alicyclic amines) is 1. The van der Waals surface area contributed by atoms with Gasteiger partial charge >= 0.3 is 17.9 Å². The molecule has 5 N–H and O–H groups in total. The Morgan fingerprint density at radius 2 is 1.74 bits per heavy atom. The van der Waals surface area contributed by atoms with Crippen molar-refractivity contribution in [2.24, 2.45) is 23.5 Å². The number of carbonyl (C=O) groups excluding carboxylic acids is 2. The predicted octanol–water partition coefficient (Wildman–Crippen LogP) is 3.03. The molecule has 0 aliphatic carbocycles. The fourth-order valence-corrected chi connectivity index (χ4v) is 5.85. The van der Waals surface area contributed by atoms with Gasteiger partial charge in [0.05, 0.1) is 17.5 Å². The number of aromatic carboxylic acids is 1. The molecule has 1 saturated heterocycles. The third-order valence-corrected chi connectivity index (χ3v) is 8.12. The van der Waals surface area contributed by atoms with Crippen molar-refractivity contribution in [1.82, 2.24) is 9.88 Å². The zero-order chi connectivity index (χ0) is 31.6. The second-order valence-corrected chi connectivity index (χ2v) is 11.6. The molecular weight excluding hydrogens is 558 g/mol. The molecule has 2 heterocycles. The third-order valence-electron chi connectivity index (χ3n) is 8.12. The number of ether oxygens (including phenoxy) is 1. The second kappa shape index (κ2) is 12.6. The topological polar surface area (TPSA) is 193 Å². The molecule has 43 heavy (non-hydrogen) atoms. The zero-order valence-corrected chi connectivity index (χ0v) is 24.5. The zero-order valence-electron chi connectivity index (χ0n) is 24.5. The number of aromatic nitrogens is 1. The van der Waals surface area contributed by atoms with Crippen LogP contribution in [-0.4, -0.2) is 73.1 Å². The van der Waals surface area contributed by atoms with E-state index in [-0.39, 0.29) is 42.1 Å². The summed E-state index contributed by atoms with van der Waals surface area (Å²) in [5.74, 6) is -6.99. The standard InChI is InChI=1S/C31H37N3O9/c1-16(2)23(32)26(36)31(30(40)41)20(29(39)42-15-18-8-6-5-7-9-18)12-13-34(31)24(17(3)4)25(35)27-33-21-14-19(28(37)38)10-11-22(21)43-27/h5-11,14,16-17,20,23-25,35H,12-13,15,32H2,1-4H3,(H,37,38)(H,40,41)/t20?,23-,24?,25?,31+/m0/s1. The van der Waals surface area contributed by atoms with E-state index in [1.165, 1.54) is 23.1 Å². The number of hydrogen-bond donors (Lipinski definition) is 4. The molecule has 0 spiro atoms. The third kappa shape index (κ3) is 5.90. The van der Waals surface area contributed by atoms with Crippen LogP contribution in [0.5, 0.6) is 0 Å². The van der Waals surface area contributed by atoms with E-state index in [1.54, 1.807) is 58.0 Å². The number of carbonyl (C=O) groups is 4. The minimum Gasteiger partial charge on any atom is -0.480 e. The van der Waals surface area contributed by atoms with Gasteiger partial charge in [-0.1, -0.05) is 58.0 Å². The lowest BCUT2D eigenvalue weighted by atomic mass is 9.75. The Labute approximate surface area is 248 Å². The van der Waals surface area contributed by atoms with E-state index in [0.717, 1.165) is 0 Å². The summed E-state index contributed by atoms with van der Waals surface area (Å²) in [6.45, 7) is 6.67. The molecule has 1 aromatic heterocycles. The van der Waals surface area contributed by atoms with Crippen LogP contribution in [0.4, 0.5) is 0 Å². The van der Waals surface area contributed by atoms with Crippen LogP contribution in [0.15, 0.2) is 52.9 Å². The molecule has 0 saturated carbocycles. The van der Waals surface area contributed by atoms with Crippen molar-refractivity contribution in [2.45, 2.75) is 64.4 Å². The summed E-state index contributed by atoms with van der Waals surface area (Å²) in [5, 5.41) is 31.8. The number of esters is 1. The lowest BCUT2D eigenvalue weighted by molar-refractivity contribution is -0.173. The molecule has 0 amide bonds. The highest BCUT2D eigenvalue weighted by Gasteiger charge is 2.66. The fourth-order valence-electron chi connectivity index (χ4n) is 5.85. The Kier molecular flexibility index (Phi) is 9.33. The van der Waals surface area contributed by atoms with Crippen LogP contribution in [0.1, 0.15) is 62.0 Å². The predicted molar refractivity (Wildman–Crippen MR) is 154 cm³/mol. The van der Waals surface area contributed by atoms with Crippen LogP contribution in [0.3, 0.4) is 0 Å². The number of hydrogen-bond acceptors (Lipinski definition) is 10. The van der Waals surface area contributed by atoms with Gasteiger partial charge < -0.3 is 30.2 Å². The van der Waals surface area contributed by atoms with Gasteiger partial charge in [0.1, 0.15) is 18.2 Å². The molecule has 3 aromatic rings. The summed E-state index contributed by atoms with van der Waals surface area (Å²) >= 11 is 0. The summed E-state index contributed by atoms with van der Waals surface area (Å²) in [6, 6.07) is 10.6. The van der Waals surface area contributed by atoms with E-state index in [9.17, 15) is 34.5 Å². The second-order valence-electron chi connectivity index (χ2n) is 11.6. The number of aliphatic hydroxyl groups excluding tert-OH is 1. The van der Waals surface area contributed by atoms with Crippen LogP contribution in [0, 0.1) is 17.8 Å². The average molecular weight is 596 g/mol. The number of nitrogens with zero attached hydrogens (tertiary/aromatic N) is 2. The summed E-state index contributed by atoms with van der Waals surface area (Å²) < 4.78 is 11.3. The largest absolute Gasteiger partial charge is 0.480 e. The highest BCUT2D eigenvalue weighted by atomic mass is 16.5. The number of carboxylic acid groups (broad SMARTS) is 2. The summed E-state index contributed by atoms with van der Waals surface area (Å²) in [5.41, 5.74) is 4.88. The highest BCUT2D eigenvalue weighted by Crippen LogP contribution is 2.44. The molecule has 0 radical (unpaired) electrons. The number of aliphatic hydroxyl groups is 1. The molecule has 230 valence electrons. The van der Waals surface area contributed by atoms with Crippen molar-refractivity contribution in [1.29, 1.82) is 0 Å². The molecule has 1 aliphatic heterocycles. The Morgan fingerprint density at radius 3 is 2.33 bits per heavy atom. The van der Waals surface area contributed by atoms with E-state index < -0.39 is 65.2 Å². The first kappa shape index (κ1) is 31.8. The first-order valence-electron chi connectivity index (χ1n) is 14.1. The van der Waals surface area contributed by atoms with E-state index in [1.807, 2.05) is 0 Å². The van der Waals surface area contributed by atoms with Gasteiger partial charge in [-0.15, -0.1) is 0 Å². The molecule has 1 aliphatic rings. The summed E-state index contributed by atoms with van der Waals surface area (Å²) in [6.07, 6.45) is -1.59. The summed E-state index contributed by atoms with van der Waals surface area (Å²) in [4.78, 5) is 58.1. The average Bonchev–Trinajstić information content (AvgIpc) is 3.58. The van der Waals surface area contributed by atoms with Crippen molar-refractivity contribution >= 4 is 34.8 Å². The van der Waals surface area contributed by atoms with Crippen LogP contribution < -0.4 is 5.73 Å². The van der Waals surface area contributed by atoms with E-state index in [0.29, 0.717) is 5.56 Å².